The number of anilines is 2. The third-order valence-electron chi connectivity index (χ3n) is 2.59. The first-order valence-corrected chi connectivity index (χ1v) is 6.25. The van der Waals surface area contributed by atoms with Crippen molar-refractivity contribution in [3.05, 3.63) is 52.4 Å². The number of hydrogen-bond donors (Lipinski definition) is 2. The van der Waals surface area contributed by atoms with E-state index in [-0.39, 0.29) is 4.99 Å². The Balaban J connectivity index is 2.46. The molecule has 3 nitrogen and oxygen atoms in total. The van der Waals surface area contributed by atoms with Gasteiger partial charge in [-0.25, -0.2) is 9.37 Å². The molecule has 0 amide bonds. The molecule has 0 bridgehead atoms. The first-order valence-electron chi connectivity index (χ1n) is 5.46. The Morgan fingerprint density at radius 2 is 2.16 bits per heavy atom. The highest BCUT2D eigenvalue weighted by atomic mass is 35.5. The van der Waals surface area contributed by atoms with E-state index in [1.54, 1.807) is 12.3 Å². The van der Waals surface area contributed by atoms with Crippen LogP contribution in [0.25, 0.3) is 0 Å². The molecule has 1 heterocycles. The summed E-state index contributed by atoms with van der Waals surface area (Å²) in [7, 11) is 0. The Hall–Kier alpha value is -1.72. The highest BCUT2D eigenvalue weighted by Crippen LogP contribution is 2.27. The lowest BCUT2D eigenvalue weighted by Gasteiger charge is -2.13. The number of benzene rings is 1. The van der Waals surface area contributed by atoms with Crippen LogP contribution in [0.4, 0.5) is 15.9 Å². The van der Waals surface area contributed by atoms with Gasteiger partial charge in [0.25, 0.3) is 0 Å². The van der Waals surface area contributed by atoms with Gasteiger partial charge in [0.15, 0.2) is 0 Å². The third-order valence-corrected chi connectivity index (χ3v) is 3.12. The van der Waals surface area contributed by atoms with Crippen LogP contribution in [-0.4, -0.2) is 9.97 Å². The van der Waals surface area contributed by atoms with Gasteiger partial charge in [-0.2, -0.15) is 0 Å². The maximum absolute atomic E-state index is 13.2. The van der Waals surface area contributed by atoms with Gasteiger partial charge in [-0.3, -0.25) is 0 Å². The Morgan fingerprint density at radius 1 is 1.42 bits per heavy atom. The summed E-state index contributed by atoms with van der Waals surface area (Å²) in [4.78, 5) is 4.39. The number of aryl methyl sites for hydroxylation is 1. The molecular formula is C13H11ClFN3S. The van der Waals surface area contributed by atoms with Gasteiger partial charge in [0.2, 0.25) is 0 Å². The number of nitrogens with one attached hydrogen (secondary N) is 1. The maximum atomic E-state index is 13.2. The largest absolute Gasteiger partial charge is 0.389 e. The molecule has 2 rings (SSSR count). The number of pyridine rings is 1. The minimum Gasteiger partial charge on any atom is -0.389 e. The molecule has 0 saturated heterocycles. The van der Waals surface area contributed by atoms with E-state index in [9.17, 15) is 4.39 Å². The highest BCUT2D eigenvalue weighted by Gasteiger charge is 2.11. The lowest BCUT2D eigenvalue weighted by atomic mass is 10.1. The molecule has 0 aliphatic heterocycles. The molecular weight excluding hydrogens is 285 g/mol. The molecule has 0 radical (unpaired) electrons. The monoisotopic (exact) mass is 295 g/mol. The summed E-state index contributed by atoms with van der Waals surface area (Å²) in [5.41, 5.74) is 7.61. The van der Waals surface area contributed by atoms with E-state index >= 15 is 0 Å². The molecule has 19 heavy (non-hydrogen) atoms. The molecule has 98 valence electrons. The van der Waals surface area contributed by atoms with Crippen molar-refractivity contribution in [2.45, 2.75) is 6.92 Å². The SMILES string of the molecule is Cc1ccnc(Nc2cc(F)ccc2Cl)c1C(N)=S. The average molecular weight is 296 g/mol. The molecule has 2 aromatic rings. The Bertz CT molecular complexity index is 646. The number of nitrogens with two attached hydrogens (primary N) is 1. The Morgan fingerprint density at radius 3 is 2.84 bits per heavy atom. The number of hydrogen-bond acceptors (Lipinski definition) is 3. The van der Waals surface area contributed by atoms with Crippen LogP contribution in [0.15, 0.2) is 30.5 Å². The lowest BCUT2D eigenvalue weighted by molar-refractivity contribution is 0.628. The van der Waals surface area contributed by atoms with Crippen molar-refractivity contribution >= 4 is 40.3 Å². The smallest absolute Gasteiger partial charge is 0.140 e. The minimum atomic E-state index is -0.392. The summed E-state index contributed by atoms with van der Waals surface area (Å²) >= 11 is 11.0. The van der Waals surface area contributed by atoms with Crippen LogP contribution < -0.4 is 11.1 Å². The van der Waals surface area contributed by atoms with Gasteiger partial charge in [0, 0.05) is 6.20 Å². The van der Waals surface area contributed by atoms with Gasteiger partial charge in [-0.1, -0.05) is 23.8 Å². The number of thiocarbonyl (C=S) groups is 1. The van der Waals surface area contributed by atoms with E-state index in [0.29, 0.717) is 22.1 Å². The fourth-order valence-electron chi connectivity index (χ4n) is 1.68. The number of rotatable bonds is 3. The predicted molar refractivity (Wildman–Crippen MR) is 79.6 cm³/mol. The van der Waals surface area contributed by atoms with E-state index in [0.717, 1.165) is 5.56 Å². The Kier molecular flexibility index (Phi) is 3.97. The highest BCUT2D eigenvalue weighted by molar-refractivity contribution is 7.80. The van der Waals surface area contributed by atoms with Gasteiger partial charge >= 0.3 is 0 Å². The molecule has 0 aliphatic rings. The van der Waals surface area contributed by atoms with Crippen molar-refractivity contribution in [2.75, 3.05) is 5.32 Å². The minimum absolute atomic E-state index is 0.223. The fourth-order valence-corrected chi connectivity index (χ4v) is 2.11. The quantitative estimate of drug-likeness (QED) is 0.850. The normalized spacial score (nSPS) is 10.3. The number of halogens is 2. The second-order valence-electron chi connectivity index (χ2n) is 3.96. The third kappa shape index (κ3) is 3.00. The van der Waals surface area contributed by atoms with Crippen molar-refractivity contribution in [2.24, 2.45) is 5.73 Å². The van der Waals surface area contributed by atoms with Gasteiger partial charge in [-0.05, 0) is 36.8 Å². The molecule has 0 fully saturated rings. The van der Waals surface area contributed by atoms with E-state index in [1.165, 1.54) is 18.2 Å². The average Bonchev–Trinajstić information content (AvgIpc) is 2.33. The van der Waals surface area contributed by atoms with Gasteiger partial charge < -0.3 is 11.1 Å². The molecule has 6 heteroatoms. The van der Waals surface area contributed by atoms with Gasteiger partial charge in [0.05, 0.1) is 16.3 Å². The predicted octanol–water partition coefficient (Wildman–Crippen LogP) is 3.56. The van der Waals surface area contributed by atoms with Crippen molar-refractivity contribution in [1.82, 2.24) is 4.98 Å². The van der Waals surface area contributed by atoms with Crippen LogP contribution in [-0.2, 0) is 0 Å². The van der Waals surface area contributed by atoms with Gasteiger partial charge in [0.1, 0.15) is 16.6 Å². The van der Waals surface area contributed by atoms with Crippen LogP contribution in [0.5, 0.6) is 0 Å². The van der Waals surface area contributed by atoms with Crippen LogP contribution >= 0.6 is 23.8 Å². The molecule has 0 unspecified atom stereocenters. The number of aromatic nitrogens is 1. The van der Waals surface area contributed by atoms with E-state index in [4.69, 9.17) is 29.6 Å². The van der Waals surface area contributed by atoms with Crippen molar-refractivity contribution < 1.29 is 4.39 Å². The summed E-state index contributed by atoms with van der Waals surface area (Å²) in [5, 5.41) is 3.34. The molecule has 0 spiro atoms. The van der Waals surface area contributed by atoms with E-state index < -0.39 is 5.82 Å². The molecule has 1 aromatic carbocycles. The van der Waals surface area contributed by atoms with Gasteiger partial charge in [-0.15, -0.1) is 0 Å². The standard InChI is InChI=1S/C13H11ClFN3S/c1-7-4-5-17-13(11(7)12(16)19)18-10-6-8(15)2-3-9(10)14/h2-6H,1H3,(H2,16,19)(H,17,18). The summed E-state index contributed by atoms with van der Waals surface area (Å²) in [6.07, 6.45) is 1.62. The molecule has 0 saturated carbocycles. The first-order chi connectivity index (χ1) is 8.99. The molecule has 1 aromatic heterocycles. The van der Waals surface area contributed by atoms with Crippen molar-refractivity contribution in [1.29, 1.82) is 0 Å². The molecule has 0 aliphatic carbocycles. The lowest BCUT2D eigenvalue weighted by Crippen LogP contribution is -2.14. The zero-order chi connectivity index (χ0) is 14.0. The van der Waals surface area contributed by atoms with Crippen LogP contribution in [0, 0.1) is 12.7 Å². The van der Waals surface area contributed by atoms with Crippen LogP contribution in [0.2, 0.25) is 5.02 Å². The summed E-state index contributed by atoms with van der Waals surface area (Å²) in [6, 6.07) is 5.84. The molecule has 3 N–H and O–H groups in total. The zero-order valence-corrected chi connectivity index (χ0v) is 11.6. The second-order valence-corrected chi connectivity index (χ2v) is 4.81. The van der Waals surface area contributed by atoms with E-state index in [1.807, 2.05) is 6.92 Å². The summed E-state index contributed by atoms with van der Waals surface area (Å²) in [6.45, 7) is 1.87. The number of nitrogens with zero attached hydrogens (tertiary/aromatic N) is 1. The fraction of sp³-hybridized carbons (Fsp3) is 0.0769. The summed E-state index contributed by atoms with van der Waals surface area (Å²) in [5.74, 6) is 0.0661. The van der Waals surface area contributed by atoms with Crippen molar-refractivity contribution in [3.8, 4) is 0 Å². The van der Waals surface area contributed by atoms with Crippen LogP contribution in [0.1, 0.15) is 11.1 Å². The van der Waals surface area contributed by atoms with Crippen LogP contribution in [0.3, 0.4) is 0 Å². The Labute approximate surface area is 120 Å². The molecule has 0 atom stereocenters. The summed E-state index contributed by atoms with van der Waals surface area (Å²) < 4.78 is 13.2. The second kappa shape index (κ2) is 5.50. The van der Waals surface area contributed by atoms with E-state index in [2.05, 4.69) is 10.3 Å². The first kappa shape index (κ1) is 13.7. The van der Waals surface area contributed by atoms with Crippen molar-refractivity contribution in [3.63, 3.8) is 0 Å². The maximum Gasteiger partial charge on any atom is 0.140 e. The zero-order valence-electron chi connectivity index (χ0n) is 10.1. The topological polar surface area (TPSA) is 50.9 Å².